The number of fused-ring (bicyclic) bond motifs is 1. The summed E-state index contributed by atoms with van der Waals surface area (Å²) in [4.78, 5) is 22.4. The van der Waals surface area contributed by atoms with Gasteiger partial charge in [-0.15, -0.1) is 11.3 Å². The van der Waals surface area contributed by atoms with Gasteiger partial charge in [-0.05, 0) is 49.1 Å². The zero-order chi connectivity index (χ0) is 15.6. The summed E-state index contributed by atoms with van der Waals surface area (Å²) in [5, 5.41) is 3.64. The molecule has 0 saturated heterocycles. The summed E-state index contributed by atoms with van der Waals surface area (Å²) in [6.07, 6.45) is 8.72. The molecule has 0 radical (unpaired) electrons. The van der Waals surface area contributed by atoms with Crippen molar-refractivity contribution in [1.29, 1.82) is 0 Å². The molecule has 1 amide bonds. The largest absolute Gasteiger partial charge is 0.339 e. The summed E-state index contributed by atoms with van der Waals surface area (Å²) in [7, 11) is 0. The minimum atomic E-state index is -0.114. The third-order valence-electron chi connectivity index (χ3n) is 3.98. The number of aryl methyl sites for hydroxylation is 2. The van der Waals surface area contributed by atoms with Gasteiger partial charge in [0.15, 0.2) is 5.13 Å². The molecule has 0 atom stereocenters. The fourth-order valence-electron chi connectivity index (χ4n) is 2.85. The Morgan fingerprint density at radius 2 is 2.13 bits per heavy atom. The van der Waals surface area contributed by atoms with Crippen molar-refractivity contribution in [2.75, 3.05) is 5.32 Å². The Kier molecular flexibility index (Phi) is 3.67. The fourth-order valence-corrected chi connectivity index (χ4v) is 3.89. The first-order chi connectivity index (χ1) is 11.3. The van der Waals surface area contributed by atoms with Gasteiger partial charge < -0.3 is 4.57 Å². The van der Waals surface area contributed by atoms with E-state index in [9.17, 15) is 4.79 Å². The maximum atomic E-state index is 12.5. The lowest BCUT2D eigenvalue weighted by atomic mass is 10.2. The highest BCUT2D eigenvalue weighted by atomic mass is 32.1. The van der Waals surface area contributed by atoms with Gasteiger partial charge >= 0.3 is 0 Å². The fraction of sp³-hybridized carbons (Fsp3) is 0.235. The number of anilines is 1. The zero-order valence-electron chi connectivity index (χ0n) is 12.5. The quantitative estimate of drug-likeness (QED) is 0.802. The van der Waals surface area contributed by atoms with Crippen LogP contribution in [0.2, 0.25) is 0 Å². The standard InChI is InChI=1S/C17H16N4OS/c22-16(20-17-19-13-3-1-5-15(13)23-17)14-4-2-10-21(14)11-12-6-8-18-9-7-12/h2,4,6-10H,1,3,5,11H2,(H,19,20,22). The van der Waals surface area contributed by atoms with Gasteiger partial charge in [-0.2, -0.15) is 0 Å². The Morgan fingerprint density at radius 3 is 2.96 bits per heavy atom. The summed E-state index contributed by atoms with van der Waals surface area (Å²) in [5.41, 5.74) is 2.90. The first-order valence-electron chi connectivity index (χ1n) is 7.63. The average Bonchev–Trinajstić information content (AvgIpc) is 3.24. The number of hydrogen-bond acceptors (Lipinski definition) is 4. The van der Waals surface area contributed by atoms with Crippen molar-refractivity contribution >= 4 is 22.4 Å². The molecule has 0 spiro atoms. The van der Waals surface area contributed by atoms with E-state index in [0.717, 1.165) is 24.1 Å². The van der Waals surface area contributed by atoms with Crippen LogP contribution >= 0.6 is 11.3 Å². The van der Waals surface area contributed by atoms with Gasteiger partial charge in [-0.25, -0.2) is 4.98 Å². The maximum absolute atomic E-state index is 12.5. The van der Waals surface area contributed by atoms with E-state index in [-0.39, 0.29) is 5.91 Å². The molecule has 4 rings (SSSR count). The highest BCUT2D eigenvalue weighted by molar-refractivity contribution is 7.15. The van der Waals surface area contributed by atoms with Gasteiger partial charge in [-0.1, -0.05) is 0 Å². The Hall–Kier alpha value is -2.47. The molecule has 3 aromatic heterocycles. The van der Waals surface area contributed by atoms with Crippen LogP contribution in [-0.4, -0.2) is 20.4 Å². The summed E-state index contributed by atoms with van der Waals surface area (Å²) >= 11 is 1.60. The number of carbonyl (C=O) groups excluding carboxylic acids is 1. The lowest BCUT2D eigenvalue weighted by Crippen LogP contribution is -2.17. The van der Waals surface area contributed by atoms with E-state index in [1.807, 2.05) is 35.0 Å². The molecule has 1 N–H and O–H groups in total. The average molecular weight is 324 g/mol. The molecule has 5 nitrogen and oxygen atoms in total. The zero-order valence-corrected chi connectivity index (χ0v) is 13.3. The lowest BCUT2D eigenvalue weighted by molar-refractivity contribution is 0.101. The first-order valence-corrected chi connectivity index (χ1v) is 8.45. The molecule has 0 aromatic carbocycles. The van der Waals surface area contributed by atoms with Gasteiger partial charge in [0, 0.05) is 30.0 Å². The maximum Gasteiger partial charge on any atom is 0.274 e. The Labute approximate surface area is 138 Å². The Morgan fingerprint density at radius 1 is 1.26 bits per heavy atom. The normalized spacial score (nSPS) is 13.0. The first kappa shape index (κ1) is 14.1. The SMILES string of the molecule is O=C(Nc1nc2c(s1)CCC2)c1cccn1Cc1ccncc1. The number of thiazole rings is 1. The minimum Gasteiger partial charge on any atom is -0.339 e. The van der Waals surface area contributed by atoms with Crippen LogP contribution in [-0.2, 0) is 19.4 Å². The van der Waals surface area contributed by atoms with E-state index in [4.69, 9.17) is 0 Å². The van der Waals surface area contributed by atoms with Crippen molar-refractivity contribution in [3.05, 3.63) is 64.7 Å². The smallest absolute Gasteiger partial charge is 0.274 e. The van der Waals surface area contributed by atoms with Crippen molar-refractivity contribution in [3.63, 3.8) is 0 Å². The second-order valence-corrected chi connectivity index (χ2v) is 6.66. The van der Waals surface area contributed by atoms with E-state index in [1.165, 1.54) is 11.3 Å². The van der Waals surface area contributed by atoms with Crippen molar-refractivity contribution in [2.45, 2.75) is 25.8 Å². The summed E-state index contributed by atoms with van der Waals surface area (Å²) in [6.45, 7) is 0.645. The summed E-state index contributed by atoms with van der Waals surface area (Å²) in [6, 6.07) is 7.62. The van der Waals surface area contributed by atoms with Crippen molar-refractivity contribution in [1.82, 2.24) is 14.5 Å². The van der Waals surface area contributed by atoms with E-state index >= 15 is 0 Å². The molecular weight excluding hydrogens is 308 g/mol. The van der Waals surface area contributed by atoms with E-state index in [1.54, 1.807) is 23.7 Å². The molecular formula is C17H16N4OS. The second kappa shape index (κ2) is 5.96. The van der Waals surface area contributed by atoms with Gasteiger partial charge in [0.1, 0.15) is 5.69 Å². The Balaban J connectivity index is 1.51. The van der Waals surface area contributed by atoms with Crippen molar-refractivity contribution in [3.8, 4) is 0 Å². The highest BCUT2D eigenvalue weighted by Gasteiger charge is 2.19. The van der Waals surface area contributed by atoms with Gasteiger partial charge in [0.2, 0.25) is 0 Å². The molecule has 6 heteroatoms. The van der Waals surface area contributed by atoms with Crippen LogP contribution in [0.3, 0.4) is 0 Å². The number of amides is 1. The van der Waals surface area contributed by atoms with Crippen LogP contribution in [0.25, 0.3) is 0 Å². The summed E-state index contributed by atoms with van der Waals surface area (Å²) in [5.74, 6) is -0.114. The number of pyridine rings is 1. The molecule has 1 aliphatic rings. The number of aromatic nitrogens is 3. The Bertz CT molecular complexity index is 816. The minimum absolute atomic E-state index is 0.114. The predicted octanol–water partition coefficient (Wildman–Crippen LogP) is 3.13. The van der Waals surface area contributed by atoms with Crippen LogP contribution in [0, 0.1) is 0 Å². The van der Waals surface area contributed by atoms with E-state index in [0.29, 0.717) is 17.4 Å². The van der Waals surface area contributed by atoms with Crippen molar-refractivity contribution in [2.24, 2.45) is 0 Å². The van der Waals surface area contributed by atoms with E-state index in [2.05, 4.69) is 15.3 Å². The number of carbonyl (C=O) groups is 1. The molecule has 3 aromatic rings. The molecule has 0 saturated carbocycles. The highest BCUT2D eigenvalue weighted by Crippen LogP contribution is 2.30. The summed E-state index contributed by atoms with van der Waals surface area (Å²) < 4.78 is 1.94. The van der Waals surface area contributed by atoms with Crippen molar-refractivity contribution < 1.29 is 4.79 Å². The van der Waals surface area contributed by atoms with Gasteiger partial charge in [0.25, 0.3) is 5.91 Å². The molecule has 0 aliphatic heterocycles. The van der Waals surface area contributed by atoms with Gasteiger partial charge in [-0.3, -0.25) is 15.1 Å². The molecule has 1 aliphatic carbocycles. The number of nitrogens with one attached hydrogen (secondary N) is 1. The molecule has 0 fully saturated rings. The third-order valence-corrected chi connectivity index (χ3v) is 5.05. The monoisotopic (exact) mass is 324 g/mol. The van der Waals surface area contributed by atoms with Gasteiger partial charge in [0.05, 0.1) is 5.69 Å². The molecule has 3 heterocycles. The van der Waals surface area contributed by atoms with Crippen LogP contribution in [0.5, 0.6) is 0 Å². The van der Waals surface area contributed by atoms with Crippen LogP contribution < -0.4 is 5.32 Å². The third kappa shape index (κ3) is 2.90. The number of nitrogens with zero attached hydrogens (tertiary/aromatic N) is 3. The van der Waals surface area contributed by atoms with E-state index < -0.39 is 0 Å². The molecule has 0 unspecified atom stereocenters. The van der Waals surface area contributed by atoms with Crippen LogP contribution in [0.15, 0.2) is 42.9 Å². The number of hydrogen-bond donors (Lipinski definition) is 1. The molecule has 23 heavy (non-hydrogen) atoms. The molecule has 0 bridgehead atoms. The number of rotatable bonds is 4. The lowest BCUT2D eigenvalue weighted by Gasteiger charge is -2.08. The second-order valence-electron chi connectivity index (χ2n) is 5.57. The predicted molar refractivity (Wildman–Crippen MR) is 89.9 cm³/mol. The van der Waals surface area contributed by atoms with Crippen LogP contribution in [0.1, 0.15) is 33.0 Å². The molecule has 116 valence electrons. The van der Waals surface area contributed by atoms with Crippen LogP contribution in [0.4, 0.5) is 5.13 Å². The topological polar surface area (TPSA) is 59.8 Å².